The second kappa shape index (κ2) is 5.48. The van der Waals surface area contributed by atoms with Crippen LogP contribution in [0.5, 0.6) is 0 Å². The van der Waals surface area contributed by atoms with Gasteiger partial charge < -0.3 is 4.98 Å². The summed E-state index contributed by atoms with van der Waals surface area (Å²) >= 11 is 15.8. The predicted molar refractivity (Wildman–Crippen MR) is 99.3 cm³/mol. The zero-order valence-electron chi connectivity index (χ0n) is 12.0. The first-order valence-corrected chi connectivity index (χ1v) is 8.48. The molecule has 114 valence electrons. The standard InChI is InChI=1S/C17H10BrCl2N3/c1-8-15-10(4-5-21-8)12-6-9(18)7-13(16(12)23-15)11-2-3-14(19)22-17(11)20/h2-7,23H,1H3. The molecule has 0 unspecified atom stereocenters. The number of aromatic amines is 1. The van der Waals surface area contributed by atoms with Gasteiger partial charge in [0, 0.05) is 32.6 Å². The third-order valence-corrected chi connectivity index (χ3v) is 4.85. The quantitative estimate of drug-likeness (QED) is 0.385. The zero-order valence-corrected chi connectivity index (χ0v) is 15.1. The van der Waals surface area contributed by atoms with Crippen molar-refractivity contribution in [2.45, 2.75) is 6.92 Å². The number of hydrogen-bond acceptors (Lipinski definition) is 2. The Morgan fingerprint density at radius 1 is 1.00 bits per heavy atom. The molecule has 4 rings (SSSR count). The van der Waals surface area contributed by atoms with Gasteiger partial charge in [-0.05, 0) is 37.3 Å². The molecule has 3 aromatic heterocycles. The summed E-state index contributed by atoms with van der Waals surface area (Å²) in [6, 6.07) is 9.76. The third kappa shape index (κ3) is 2.42. The second-order valence-electron chi connectivity index (χ2n) is 5.29. The predicted octanol–water partition coefficient (Wildman–Crippen LogP) is 6.16. The zero-order chi connectivity index (χ0) is 16.1. The van der Waals surface area contributed by atoms with Crippen molar-refractivity contribution < 1.29 is 0 Å². The van der Waals surface area contributed by atoms with E-state index in [0.29, 0.717) is 10.3 Å². The van der Waals surface area contributed by atoms with Crippen LogP contribution in [0, 0.1) is 6.92 Å². The number of benzene rings is 1. The number of aryl methyl sites for hydroxylation is 1. The summed E-state index contributed by atoms with van der Waals surface area (Å²) in [4.78, 5) is 12.0. The average molecular weight is 407 g/mol. The number of hydrogen-bond donors (Lipinski definition) is 1. The highest BCUT2D eigenvalue weighted by Gasteiger charge is 2.15. The number of nitrogens with one attached hydrogen (secondary N) is 1. The van der Waals surface area contributed by atoms with E-state index < -0.39 is 0 Å². The van der Waals surface area contributed by atoms with E-state index in [1.807, 2.05) is 31.3 Å². The van der Waals surface area contributed by atoms with Crippen LogP contribution < -0.4 is 0 Å². The Labute approximate surface area is 150 Å². The fourth-order valence-corrected chi connectivity index (χ4v) is 3.76. The molecular weight excluding hydrogens is 397 g/mol. The smallest absolute Gasteiger partial charge is 0.138 e. The number of fused-ring (bicyclic) bond motifs is 3. The van der Waals surface area contributed by atoms with Gasteiger partial charge in [0.15, 0.2) is 0 Å². The minimum Gasteiger partial charge on any atom is -0.353 e. The van der Waals surface area contributed by atoms with E-state index in [0.717, 1.165) is 43.1 Å². The van der Waals surface area contributed by atoms with Crippen molar-refractivity contribution in [2.24, 2.45) is 0 Å². The maximum Gasteiger partial charge on any atom is 0.138 e. The number of halogens is 3. The molecule has 0 atom stereocenters. The molecule has 0 spiro atoms. The van der Waals surface area contributed by atoms with Crippen LogP contribution >= 0.6 is 39.1 Å². The van der Waals surface area contributed by atoms with Crippen LogP contribution in [0.2, 0.25) is 10.3 Å². The third-order valence-electron chi connectivity index (χ3n) is 3.89. The van der Waals surface area contributed by atoms with Gasteiger partial charge in [-0.2, -0.15) is 0 Å². The fraction of sp³-hybridized carbons (Fsp3) is 0.0588. The second-order valence-corrected chi connectivity index (χ2v) is 6.95. The van der Waals surface area contributed by atoms with Crippen molar-refractivity contribution in [1.29, 1.82) is 0 Å². The molecule has 0 saturated heterocycles. The van der Waals surface area contributed by atoms with Crippen molar-refractivity contribution in [3.8, 4) is 11.1 Å². The maximum absolute atomic E-state index is 6.31. The topological polar surface area (TPSA) is 41.6 Å². The van der Waals surface area contributed by atoms with Gasteiger partial charge >= 0.3 is 0 Å². The summed E-state index contributed by atoms with van der Waals surface area (Å²) in [7, 11) is 0. The summed E-state index contributed by atoms with van der Waals surface area (Å²) in [6.07, 6.45) is 1.82. The minimum atomic E-state index is 0.377. The number of pyridine rings is 2. The Balaban J connectivity index is 2.14. The summed E-state index contributed by atoms with van der Waals surface area (Å²) in [6.45, 7) is 1.99. The molecule has 0 aliphatic carbocycles. The van der Waals surface area contributed by atoms with E-state index in [2.05, 4.69) is 36.9 Å². The lowest BCUT2D eigenvalue weighted by Crippen LogP contribution is -1.86. The molecule has 0 saturated carbocycles. The Morgan fingerprint density at radius 3 is 2.61 bits per heavy atom. The Morgan fingerprint density at radius 2 is 1.83 bits per heavy atom. The molecule has 23 heavy (non-hydrogen) atoms. The Kier molecular flexibility index (Phi) is 3.56. The number of nitrogens with zero attached hydrogens (tertiary/aromatic N) is 2. The van der Waals surface area contributed by atoms with Crippen LogP contribution in [0.1, 0.15) is 5.69 Å². The molecule has 6 heteroatoms. The van der Waals surface area contributed by atoms with Crippen molar-refractivity contribution in [3.05, 3.63) is 57.0 Å². The van der Waals surface area contributed by atoms with E-state index in [1.54, 1.807) is 6.07 Å². The van der Waals surface area contributed by atoms with E-state index in [4.69, 9.17) is 23.2 Å². The lowest BCUT2D eigenvalue weighted by molar-refractivity contribution is 1.22. The molecule has 0 aliphatic rings. The van der Waals surface area contributed by atoms with Crippen LogP contribution in [0.4, 0.5) is 0 Å². The van der Waals surface area contributed by atoms with Gasteiger partial charge in [-0.3, -0.25) is 4.98 Å². The van der Waals surface area contributed by atoms with Crippen molar-refractivity contribution in [1.82, 2.24) is 15.0 Å². The minimum absolute atomic E-state index is 0.377. The van der Waals surface area contributed by atoms with Gasteiger partial charge in [-0.1, -0.05) is 39.1 Å². The van der Waals surface area contributed by atoms with Crippen LogP contribution in [0.25, 0.3) is 32.9 Å². The van der Waals surface area contributed by atoms with E-state index in [9.17, 15) is 0 Å². The molecule has 3 nitrogen and oxygen atoms in total. The fourth-order valence-electron chi connectivity index (χ4n) is 2.85. The van der Waals surface area contributed by atoms with Crippen molar-refractivity contribution in [2.75, 3.05) is 0 Å². The summed E-state index contributed by atoms with van der Waals surface area (Å²) in [5.41, 5.74) is 4.80. The summed E-state index contributed by atoms with van der Waals surface area (Å²) in [5, 5.41) is 3.00. The summed E-state index contributed by atoms with van der Waals surface area (Å²) in [5.74, 6) is 0. The van der Waals surface area contributed by atoms with Gasteiger partial charge in [-0.15, -0.1) is 0 Å². The lowest BCUT2D eigenvalue weighted by Gasteiger charge is -2.07. The number of rotatable bonds is 1. The largest absolute Gasteiger partial charge is 0.353 e. The molecule has 0 amide bonds. The molecule has 0 bridgehead atoms. The first-order chi connectivity index (χ1) is 11.0. The first-order valence-electron chi connectivity index (χ1n) is 6.93. The lowest BCUT2D eigenvalue weighted by atomic mass is 10.0. The molecule has 1 N–H and O–H groups in total. The van der Waals surface area contributed by atoms with Crippen LogP contribution in [0.15, 0.2) is 41.0 Å². The Bertz CT molecular complexity index is 1070. The van der Waals surface area contributed by atoms with Crippen molar-refractivity contribution >= 4 is 60.9 Å². The van der Waals surface area contributed by atoms with Gasteiger partial charge in [0.2, 0.25) is 0 Å². The molecule has 4 aromatic rings. The summed E-state index contributed by atoms with van der Waals surface area (Å²) < 4.78 is 0.974. The number of aromatic nitrogens is 3. The molecule has 0 fully saturated rings. The van der Waals surface area contributed by atoms with Crippen LogP contribution in [0.3, 0.4) is 0 Å². The van der Waals surface area contributed by atoms with Crippen molar-refractivity contribution in [3.63, 3.8) is 0 Å². The van der Waals surface area contributed by atoms with Gasteiger partial charge in [0.25, 0.3) is 0 Å². The monoisotopic (exact) mass is 405 g/mol. The molecule has 0 aliphatic heterocycles. The first kappa shape index (κ1) is 14.9. The highest BCUT2D eigenvalue weighted by molar-refractivity contribution is 9.10. The molecule has 0 radical (unpaired) electrons. The molecule has 1 aromatic carbocycles. The van der Waals surface area contributed by atoms with E-state index in [-0.39, 0.29) is 0 Å². The van der Waals surface area contributed by atoms with E-state index >= 15 is 0 Å². The highest BCUT2D eigenvalue weighted by atomic mass is 79.9. The average Bonchev–Trinajstić information content (AvgIpc) is 2.87. The van der Waals surface area contributed by atoms with E-state index in [1.165, 1.54) is 0 Å². The highest BCUT2D eigenvalue weighted by Crippen LogP contribution is 2.38. The van der Waals surface area contributed by atoms with Gasteiger partial charge in [0.05, 0.1) is 16.7 Å². The molecular formula is C17H10BrCl2N3. The molecule has 3 heterocycles. The SMILES string of the molecule is Cc1nccc2c1[nH]c1c(-c3ccc(Cl)nc3Cl)cc(Br)cc12. The Hall–Kier alpha value is -1.62. The van der Waals surface area contributed by atoms with Gasteiger partial charge in [0.1, 0.15) is 10.3 Å². The maximum atomic E-state index is 6.31. The van der Waals surface area contributed by atoms with Gasteiger partial charge in [-0.25, -0.2) is 4.98 Å². The van der Waals surface area contributed by atoms with Crippen LogP contribution in [-0.2, 0) is 0 Å². The number of H-pyrrole nitrogens is 1. The normalized spacial score (nSPS) is 11.5. The van der Waals surface area contributed by atoms with Crippen LogP contribution in [-0.4, -0.2) is 15.0 Å².